The molecule has 0 amide bonds. The summed E-state index contributed by atoms with van der Waals surface area (Å²) in [6, 6.07) is 0. The Bertz CT molecular complexity index is 285. The van der Waals surface area contributed by atoms with Crippen LogP contribution in [0.3, 0.4) is 0 Å². The Kier molecular flexibility index (Phi) is 4.94. The van der Waals surface area contributed by atoms with Gasteiger partial charge in [0.15, 0.2) is 0 Å². The van der Waals surface area contributed by atoms with Crippen molar-refractivity contribution in [1.29, 1.82) is 0 Å². The zero-order valence-electron chi connectivity index (χ0n) is 13.4. The van der Waals surface area contributed by atoms with E-state index in [1.54, 1.807) is 0 Å². The molecule has 0 aromatic rings. The van der Waals surface area contributed by atoms with Gasteiger partial charge in [-0.05, 0) is 61.9 Å². The third-order valence-corrected chi connectivity index (χ3v) is 6.19. The lowest BCUT2D eigenvalue weighted by Crippen LogP contribution is -2.45. The molecule has 2 fully saturated rings. The average molecular weight is 266 g/mol. The maximum absolute atomic E-state index is 6.18. The van der Waals surface area contributed by atoms with Gasteiger partial charge in [-0.1, -0.05) is 33.6 Å². The highest BCUT2D eigenvalue weighted by molar-refractivity contribution is 4.94. The van der Waals surface area contributed by atoms with E-state index in [1.165, 1.54) is 64.6 Å². The summed E-state index contributed by atoms with van der Waals surface area (Å²) >= 11 is 0. The van der Waals surface area contributed by atoms with Crippen molar-refractivity contribution in [2.45, 2.75) is 65.7 Å². The zero-order valence-corrected chi connectivity index (χ0v) is 13.4. The summed E-state index contributed by atoms with van der Waals surface area (Å²) in [6.07, 6.45) is 9.59. The Hall–Kier alpha value is -0.0800. The average Bonchev–Trinajstić information content (AvgIpc) is 2.82. The molecule has 1 saturated carbocycles. The molecule has 1 aliphatic heterocycles. The lowest BCUT2D eigenvalue weighted by Gasteiger charge is -2.42. The third-order valence-electron chi connectivity index (χ3n) is 6.19. The summed E-state index contributed by atoms with van der Waals surface area (Å²) in [7, 11) is 0. The van der Waals surface area contributed by atoms with Gasteiger partial charge in [0.05, 0.1) is 0 Å². The summed E-state index contributed by atoms with van der Waals surface area (Å²) in [4.78, 5) is 2.73. The van der Waals surface area contributed by atoms with Crippen LogP contribution in [-0.4, -0.2) is 31.1 Å². The van der Waals surface area contributed by atoms with Crippen LogP contribution in [0.1, 0.15) is 65.7 Å². The number of rotatable bonds is 5. The van der Waals surface area contributed by atoms with E-state index in [-0.39, 0.29) is 0 Å². The predicted molar refractivity (Wildman–Crippen MR) is 83.2 cm³/mol. The molecule has 0 radical (unpaired) electrons. The topological polar surface area (TPSA) is 29.3 Å². The third kappa shape index (κ3) is 3.33. The lowest BCUT2D eigenvalue weighted by molar-refractivity contribution is 0.0925. The summed E-state index contributed by atoms with van der Waals surface area (Å²) in [6.45, 7) is 11.9. The minimum atomic E-state index is 0.426. The normalized spacial score (nSPS) is 35.7. The van der Waals surface area contributed by atoms with Crippen LogP contribution < -0.4 is 5.73 Å². The molecule has 2 N–H and O–H groups in total. The largest absolute Gasteiger partial charge is 0.330 e. The number of hydrogen-bond acceptors (Lipinski definition) is 2. The molecule has 0 spiro atoms. The highest BCUT2D eigenvalue weighted by Crippen LogP contribution is 2.42. The van der Waals surface area contributed by atoms with Gasteiger partial charge in [0.1, 0.15) is 0 Å². The molecule has 2 rings (SSSR count). The Morgan fingerprint density at radius 3 is 2.42 bits per heavy atom. The lowest BCUT2D eigenvalue weighted by atomic mass is 9.69. The summed E-state index contributed by atoms with van der Waals surface area (Å²) in [5, 5.41) is 0. The van der Waals surface area contributed by atoms with E-state index >= 15 is 0 Å². The van der Waals surface area contributed by atoms with Crippen molar-refractivity contribution in [2.24, 2.45) is 22.5 Å². The summed E-state index contributed by atoms with van der Waals surface area (Å²) < 4.78 is 0. The van der Waals surface area contributed by atoms with Crippen LogP contribution in [-0.2, 0) is 0 Å². The van der Waals surface area contributed by atoms with Crippen molar-refractivity contribution in [2.75, 3.05) is 26.2 Å². The molecule has 1 saturated heterocycles. The van der Waals surface area contributed by atoms with E-state index in [0.717, 1.165) is 12.5 Å². The second-order valence-electron chi connectivity index (χ2n) is 7.57. The van der Waals surface area contributed by atoms with Crippen molar-refractivity contribution in [3.8, 4) is 0 Å². The first-order valence-corrected chi connectivity index (χ1v) is 8.49. The van der Waals surface area contributed by atoms with Gasteiger partial charge < -0.3 is 10.6 Å². The standard InChI is InChI=1S/C17H34N2/c1-4-16(5-2)9-10-19(13-16)14-17(12-18)8-6-7-15(3)11-17/h15H,4-14,18H2,1-3H3. The minimum Gasteiger partial charge on any atom is -0.330 e. The van der Waals surface area contributed by atoms with Crippen molar-refractivity contribution in [3.05, 3.63) is 0 Å². The fourth-order valence-corrected chi connectivity index (χ4v) is 4.63. The van der Waals surface area contributed by atoms with Crippen LogP contribution >= 0.6 is 0 Å². The predicted octanol–water partition coefficient (Wildman–Crippen LogP) is 3.65. The van der Waals surface area contributed by atoms with E-state index in [1.807, 2.05) is 0 Å². The van der Waals surface area contributed by atoms with Gasteiger partial charge >= 0.3 is 0 Å². The molecule has 0 aromatic heterocycles. The first-order chi connectivity index (χ1) is 9.07. The van der Waals surface area contributed by atoms with Gasteiger partial charge in [-0.2, -0.15) is 0 Å². The highest BCUT2D eigenvalue weighted by Gasteiger charge is 2.40. The van der Waals surface area contributed by atoms with Gasteiger partial charge in [0.2, 0.25) is 0 Å². The Morgan fingerprint density at radius 2 is 1.89 bits per heavy atom. The van der Waals surface area contributed by atoms with Crippen LogP contribution in [0, 0.1) is 16.7 Å². The maximum Gasteiger partial charge on any atom is 0.00504 e. The van der Waals surface area contributed by atoms with Crippen molar-refractivity contribution in [3.63, 3.8) is 0 Å². The molecule has 2 aliphatic rings. The quantitative estimate of drug-likeness (QED) is 0.823. The zero-order chi connectivity index (χ0) is 13.9. The number of nitrogens with zero attached hydrogens (tertiary/aromatic N) is 1. The van der Waals surface area contributed by atoms with Crippen LogP contribution in [0.4, 0.5) is 0 Å². The van der Waals surface area contributed by atoms with Crippen molar-refractivity contribution in [1.82, 2.24) is 4.90 Å². The van der Waals surface area contributed by atoms with Gasteiger partial charge in [-0.15, -0.1) is 0 Å². The van der Waals surface area contributed by atoms with Crippen LogP contribution in [0.2, 0.25) is 0 Å². The number of likely N-dealkylation sites (tertiary alicyclic amines) is 1. The van der Waals surface area contributed by atoms with E-state index in [9.17, 15) is 0 Å². The number of nitrogens with two attached hydrogens (primary N) is 1. The minimum absolute atomic E-state index is 0.426. The van der Waals surface area contributed by atoms with Gasteiger partial charge in [-0.25, -0.2) is 0 Å². The second-order valence-corrected chi connectivity index (χ2v) is 7.57. The molecule has 112 valence electrons. The Balaban J connectivity index is 1.96. The second kappa shape index (κ2) is 6.13. The first-order valence-electron chi connectivity index (χ1n) is 8.49. The SMILES string of the molecule is CCC1(CC)CCN(CC2(CN)CCCC(C)C2)C1. The smallest absolute Gasteiger partial charge is 0.00504 e. The van der Waals surface area contributed by atoms with Crippen LogP contribution in [0.15, 0.2) is 0 Å². The van der Waals surface area contributed by atoms with Gasteiger partial charge in [0.25, 0.3) is 0 Å². The molecule has 0 bridgehead atoms. The molecular weight excluding hydrogens is 232 g/mol. The summed E-state index contributed by atoms with van der Waals surface area (Å²) in [5.74, 6) is 0.877. The Morgan fingerprint density at radius 1 is 1.16 bits per heavy atom. The molecule has 19 heavy (non-hydrogen) atoms. The Labute approximate surface area is 120 Å². The maximum atomic E-state index is 6.18. The van der Waals surface area contributed by atoms with E-state index in [4.69, 9.17) is 5.73 Å². The molecule has 2 atom stereocenters. The molecule has 1 heterocycles. The van der Waals surface area contributed by atoms with Gasteiger partial charge in [0, 0.05) is 13.1 Å². The highest BCUT2D eigenvalue weighted by atomic mass is 15.2. The summed E-state index contributed by atoms with van der Waals surface area (Å²) in [5.41, 5.74) is 7.22. The number of hydrogen-bond donors (Lipinski definition) is 1. The fraction of sp³-hybridized carbons (Fsp3) is 1.00. The van der Waals surface area contributed by atoms with Crippen LogP contribution in [0.25, 0.3) is 0 Å². The van der Waals surface area contributed by atoms with Crippen LogP contribution in [0.5, 0.6) is 0 Å². The van der Waals surface area contributed by atoms with E-state index in [0.29, 0.717) is 10.8 Å². The van der Waals surface area contributed by atoms with Crippen molar-refractivity contribution < 1.29 is 0 Å². The molecule has 1 aliphatic carbocycles. The molecular formula is C17H34N2. The molecule has 2 heteroatoms. The van der Waals surface area contributed by atoms with Crippen molar-refractivity contribution >= 4 is 0 Å². The van der Waals surface area contributed by atoms with E-state index in [2.05, 4.69) is 25.7 Å². The fourth-order valence-electron chi connectivity index (χ4n) is 4.63. The molecule has 2 unspecified atom stereocenters. The van der Waals surface area contributed by atoms with E-state index < -0.39 is 0 Å². The first kappa shape index (κ1) is 15.3. The monoisotopic (exact) mass is 266 g/mol. The molecule has 2 nitrogen and oxygen atoms in total. The molecule has 0 aromatic carbocycles. The van der Waals surface area contributed by atoms with Gasteiger partial charge in [-0.3, -0.25) is 0 Å².